The second-order valence-corrected chi connectivity index (χ2v) is 10.3. The minimum atomic E-state index is -0.400. The zero-order chi connectivity index (χ0) is 25.5. The molecule has 1 amide bonds. The number of imidazole rings is 1. The smallest absolute Gasteiger partial charge is 0.243 e. The van der Waals surface area contributed by atoms with E-state index < -0.39 is 6.04 Å². The van der Waals surface area contributed by atoms with Crippen molar-refractivity contribution in [1.29, 1.82) is 0 Å². The predicted molar refractivity (Wildman–Crippen MR) is 144 cm³/mol. The van der Waals surface area contributed by atoms with Gasteiger partial charge in [0.25, 0.3) is 0 Å². The van der Waals surface area contributed by atoms with Crippen molar-refractivity contribution in [3.05, 3.63) is 72.1 Å². The van der Waals surface area contributed by atoms with E-state index in [9.17, 15) is 4.79 Å². The number of amides is 1. The van der Waals surface area contributed by atoms with Gasteiger partial charge in [0.2, 0.25) is 11.9 Å². The predicted octanol–water partition coefficient (Wildman–Crippen LogP) is 3.92. The third kappa shape index (κ3) is 6.62. The van der Waals surface area contributed by atoms with Gasteiger partial charge >= 0.3 is 0 Å². The Morgan fingerprint density at radius 2 is 1.84 bits per heavy atom. The molecular weight excluding hydrogens is 462 g/mol. The molecule has 5 rings (SSSR count). The Bertz CT molecular complexity index is 1120. The maximum absolute atomic E-state index is 13.9. The molecule has 3 aromatic rings. The largest absolute Gasteiger partial charge is 0.352 e. The van der Waals surface area contributed by atoms with Crippen LogP contribution >= 0.6 is 0 Å². The summed E-state index contributed by atoms with van der Waals surface area (Å²) in [6, 6.07) is 12.5. The third-order valence-electron chi connectivity index (χ3n) is 7.50. The van der Waals surface area contributed by atoms with E-state index in [0.29, 0.717) is 5.95 Å². The van der Waals surface area contributed by atoms with E-state index in [4.69, 9.17) is 9.97 Å². The van der Waals surface area contributed by atoms with E-state index in [0.717, 1.165) is 82.6 Å². The number of nitrogens with zero attached hydrogens (tertiary/aromatic N) is 6. The summed E-state index contributed by atoms with van der Waals surface area (Å²) in [6.07, 6.45) is 12.5. The standard InChI is InChI=1S/C29H39N7O/c1-2-9-25-20-26(33-29(32-25)36-19-14-30-22-36)27(35-15-7-4-8-16-35)28(37)31-24-12-17-34(18-13-24)21-23-10-5-3-6-11-23/h3,5-6,10-11,14,19-20,22,24,27H,2,4,7-9,12-13,15-18,21H2,1H3,(H,31,37). The van der Waals surface area contributed by atoms with Crippen LogP contribution < -0.4 is 5.32 Å². The molecule has 1 aromatic carbocycles. The van der Waals surface area contributed by atoms with Crippen molar-refractivity contribution in [2.75, 3.05) is 26.2 Å². The second kappa shape index (κ2) is 12.4. The molecule has 2 fully saturated rings. The lowest BCUT2D eigenvalue weighted by molar-refractivity contribution is -0.128. The highest BCUT2D eigenvalue weighted by molar-refractivity contribution is 5.83. The molecule has 2 aliphatic heterocycles. The SMILES string of the molecule is CCCc1cc(C(C(=O)NC2CCN(Cc3ccccc3)CC2)N2CCCCC2)nc(-n2ccnc2)n1. The van der Waals surface area contributed by atoms with Gasteiger partial charge in [0.15, 0.2) is 0 Å². The first-order valence-electron chi connectivity index (χ1n) is 13.9. The lowest BCUT2D eigenvalue weighted by Crippen LogP contribution is -2.49. The van der Waals surface area contributed by atoms with Crippen LogP contribution in [0.15, 0.2) is 55.1 Å². The van der Waals surface area contributed by atoms with E-state index in [1.807, 2.05) is 16.8 Å². The Balaban J connectivity index is 1.32. The first-order chi connectivity index (χ1) is 18.2. The summed E-state index contributed by atoms with van der Waals surface area (Å²) in [7, 11) is 0. The highest BCUT2D eigenvalue weighted by atomic mass is 16.2. The van der Waals surface area contributed by atoms with Gasteiger partial charge in [-0.2, -0.15) is 0 Å². The van der Waals surface area contributed by atoms with Crippen LogP contribution in [0.5, 0.6) is 0 Å². The number of carbonyl (C=O) groups excluding carboxylic acids is 1. The topological polar surface area (TPSA) is 79.2 Å². The normalized spacial score (nSPS) is 18.5. The number of piperidine rings is 2. The van der Waals surface area contributed by atoms with Crippen LogP contribution in [-0.4, -0.2) is 67.4 Å². The minimum Gasteiger partial charge on any atom is -0.352 e. The van der Waals surface area contributed by atoms with Crippen LogP contribution in [-0.2, 0) is 17.8 Å². The van der Waals surface area contributed by atoms with Gasteiger partial charge in [-0.15, -0.1) is 0 Å². The van der Waals surface area contributed by atoms with E-state index in [1.54, 1.807) is 12.5 Å². The molecule has 2 saturated heterocycles. The second-order valence-electron chi connectivity index (χ2n) is 10.3. The molecule has 0 radical (unpaired) electrons. The van der Waals surface area contributed by atoms with Crippen LogP contribution in [0.3, 0.4) is 0 Å². The third-order valence-corrected chi connectivity index (χ3v) is 7.50. The Morgan fingerprint density at radius 1 is 1.05 bits per heavy atom. The zero-order valence-electron chi connectivity index (χ0n) is 21.9. The van der Waals surface area contributed by atoms with Crippen LogP contribution in [0.25, 0.3) is 5.95 Å². The van der Waals surface area contributed by atoms with E-state index in [1.165, 1.54) is 12.0 Å². The van der Waals surface area contributed by atoms with Gasteiger partial charge in [0.05, 0.1) is 5.69 Å². The first-order valence-corrected chi connectivity index (χ1v) is 13.9. The molecule has 1 unspecified atom stereocenters. The lowest BCUT2D eigenvalue weighted by atomic mass is 10.0. The van der Waals surface area contributed by atoms with Gasteiger partial charge < -0.3 is 5.32 Å². The molecule has 37 heavy (non-hydrogen) atoms. The molecule has 0 aliphatic carbocycles. The van der Waals surface area contributed by atoms with E-state index in [2.05, 4.69) is 57.4 Å². The molecule has 8 nitrogen and oxygen atoms in total. The van der Waals surface area contributed by atoms with E-state index in [-0.39, 0.29) is 11.9 Å². The fourth-order valence-corrected chi connectivity index (χ4v) is 5.54. The fourth-order valence-electron chi connectivity index (χ4n) is 5.54. The summed E-state index contributed by atoms with van der Waals surface area (Å²) < 4.78 is 1.83. The van der Waals surface area contributed by atoms with Crippen molar-refractivity contribution >= 4 is 5.91 Å². The van der Waals surface area contributed by atoms with Crippen LogP contribution in [0.2, 0.25) is 0 Å². The number of nitrogens with one attached hydrogen (secondary N) is 1. The number of aromatic nitrogens is 4. The van der Waals surface area contributed by atoms with Crippen molar-refractivity contribution < 1.29 is 4.79 Å². The number of benzene rings is 1. The molecule has 0 spiro atoms. The van der Waals surface area contributed by atoms with E-state index >= 15 is 0 Å². The first kappa shape index (κ1) is 25.5. The van der Waals surface area contributed by atoms with Gasteiger partial charge in [-0.25, -0.2) is 15.0 Å². The Labute approximate surface area is 220 Å². The number of likely N-dealkylation sites (tertiary alicyclic amines) is 2. The van der Waals surface area contributed by atoms with Crippen LogP contribution in [0.4, 0.5) is 0 Å². The van der Waals surface area contributed by atoms with Crippen LogP contribution in [0.1, 0.15) is 68.4 Å². The Kier molecular flexibility index (Phi) is 8.58. The number of hydrogen-bond donors (Lipinski definition) is 1. The number of hydrogen-bond acceptors (Lipinski definition) is 6. The molecule has 0 saturated carbocycles. The van der Waals surface area contributed by atoms with Gasteiger partial charge in [0.1, 0.15) is 12.4 Å². The van der Waals surface area contributed by atoms with Crippen molar-refractivity contribution in [2.24, 2.45) is 0 Å². The molecule has 2 aliphatic rings. The lowest BCUT2D eigenvalue weighted by Gasteiger charge is -2.36. The molecule has 4 heterocycles. The molecule has 8 heteroatoms. The Morgan fingerprint density at radius 3 is 2.54 bits per heavy atom. The highest BCUT2D eigenvalue weighted by Crippen LogP contribution is 2.26. The summed E-state index contributed by atoms with van der Waals surface area (Å²) in [5, 5.41) is 3.42. The average molecular weight is 502 g/mol. The minimum absolute atomic E-state index is 0.0705. The van der Waals surface area contributed by atoms with Crippen molar-refractivity contribution in [2.45, 2.75) is 70.5 Å². The number of rotatable bonds is 9. The van der Waals surface area contributed by atoms with Crippen LogP contribution in [0, 0.1) is 0 Å². The van der Waals surface area contributed by atoms with Gasteiger partial charge in [-0.3, -0.25) is 19.2 Å². The summed E-state index contributed by atoms with van der Waals surface area (Å²) >= 11 is 0. The molecule has 196 valence electrons. The number of carbonyl (C=O) groups is 1. The van der Waals surface area contributed by atoms with Crippen molar-refractivity contribution in [1.82, 2.24) is 34.6 Å². The van der Waals surface area contributed by atoms with Crippen molar-refractivity contribution in [3.63, 3.8) is 0 Å². The quantitative estimate of drug-likeness (QED) is 0.479. The Hall–Kier alpha value is -3.10. The maximum atomic E-state index is 13.9. The fraction of sp³-hybridized carbons (Fsp3) is 0.517. The molecule has 1 atom stereocenters. The average Bonchev–Trinajstić information content (AvgIpc) is 3.47. The van der Waals surface area contributed by atoms with Gasteiger partial charge in [0, 0.05) is 43.8 Å². The van der Waals surface area contributed by atoms with Gasteiger partial charge in [-0.1, -0.05) is 50.1 Å². The maximum Gasteiger partial charge on any atom is 0.243 e. The van der Waals surface area contributed by atoms with Gasteiger partial charge in [-0.05, 0) is 56.8 Å². The summed E-state index contributed by atoms with van der Waals surface area (Å²) in [6.45, 7) is 6.94. The summed E-state index contributed by atoms with van der Waals surface area (Å²) in [5.74, 6) is 0.656. The molecular formula is C29H39N7O. The molecule has 1 N–H and O–H groups in total. The monoisotopic (exact) mass is 501 g/mol. The summed E-state index contributed by atoms with van der Waals surface area (Å²) in [4.78, 5) is 32.6. The highest BCUT2D eigenvalue weighted by Gasteiger charge is 2.33. The zero-order valence-corrected chi connectivity index (χ0v) is 21.9. The molecule has 0 bridgehead atoms. The molecule has 2 aromatic heterocycles. The summed E-state index contributed by atoms with van der Waals surface area (Å²) in [5.41, 5.74) is 3.11. The number of aryl methyl sites for hydroxylation is 1. The van der Waals surface area contributed by atoms with Crippen molar-refractivity contribution in [3.8, 4) is 5.95 Å².